The van der Waals surface area contributed by atoms with E-state index in [1.807, 2.05) is 28.7 Å². The van der Waals surface area contributed by atoms with E-state index >= 15 is 0 Å². The quantitative estimate of drug-likeness (QED) is 0.811. The van der Waals surface area contributed by atoms with Crippen LogP contribution in [0.4, 0.5) is 5.69 Å². The molecule has 28 heavy (non-hydrogen) atoms. The number of ether oxygens (including phenoxy) is 1. The third kappa shape index (κ3) is 3.15. The highest BCUT2D eigenvalue weighted by Gasteiger charge is 2.30. The number of amides is 1. The number of hydrogen-bond donors (Lipinski definition) is 0. The van der Waals surface area contributed by atoms with Gasteiger partial charge in [-0.15, -0.1) is 0 Å². The standard InChI is InChI=1S/C22H30N4O2/c1-15-8-5-9-18-17(3)24(23-22(15)18)14-21(27)26-13-7-12-25(26)19-10-6-11-20(28-4)16(19)2/h6,10-11,15H,5,7-9,12-14H2,1-4H3/t15-/m0/s1. The number of fused-ring (bicyclic) bond motifs is 1. The molecule has 1 saturated heterocycles. The molecule has 2 aliphatic rings. The average molecular weight is 383 g/mol. The average Bonchev–Trinajstić information content (AvgIpc) is 3.29. The van der Waals surface area contributed by atoms with Gasteiger partial charge in [0.1, 0.15) is 12.3 Å². The molecule has 2 heterocycles. The monoisotopic (exact) mass is 382 g/mol. The van der Waals surface area contributed by atoms with E-state index < -0.39 is 0 Å². The lowest BCUT2D eigenvalue weighted by Crippen LogP contribution is -2.43. The Hall–Kier alpha value is -2.50. The summed E-state index contributed by atoms with van der Waals surface area (Å²) in [5.41, 5.74) is 5.80. The summed E-state index contributed by atoms with van der Waals surface area (Å²) in [6.45, 7) is 8.26. The number of carbonyl (C=O) groups excluding carboxylic acids is 1. The van der Waals surface area contributed by atoms with Gasteiger partial charge < -0.3 is 4.74 Å². The molecule has 6 heteroatoms. The number of hydrogen-bond acceptors (Lipinski definition) is 4. The molecule has 1 fully saturated rings. The molecule has 0 radical (unpaired) electrons. The molecule has 1 aliphatic carbocycles. The van der Waals surface area contributed by atoms with Crippen molar-refractivity contribution < 1.29 is 9.53 Å². The van der Waals surface area contributed by atoms with Gasteiger partial charge in [0.2, 0.25) is 0 Å². The topological polar surface area (TPSA) is 50.6 Å². The zero-order valence-corrected chi connectivity index (χ0v) is 17.4. The Balaban J connectivity index is 1.57. The van der Waals surface area contributed by atoms with Gasteiger partial charge in [-0.05, 0) is 57.2 Å². The van der Waals surface area contributed by atoms with Gasteiger partial charge in [0.05, 0.1) is 18.5 Å². The molecule has 0 unspecified atom stereocenters. The van der Waals surface area contributed by atoms with Crippen LogP contribution in [-0.2, 0) is 17.8 Å². The molecule has 1 atom stereocenters. The zero-order chi connectivity index (χ0) is 19.8. The molecular weight excluding hydrogens is 352 g/mol. The predicted molar refractivity (Wildman–Crippen MR) is 110 cm³/mol. The molecular formula is C22H30N4O2. The first-order valence-corrected chi connectivity index (χ1v) is 10.3. The molecule has 6 nitrogen and oxygen atoms in total. The number of benzene rings is 1. The third-order valence-corrected chi connectivity index (χ3v) is 6.25. The highest BCUT2D eigenvalue weighted by molar-refractivity contribution is 5.79. The Kier molecular flexibility index (Phi) is 5.04. The lowest BCUT2D eigenvalue weighted by Gasteiger charge is -2.31. The first-order chi connectivity index (χ1) is 13.5. The van der Waals surface area contributed by atoms with Crippen LogP contribution in [-0.4, -0.2) is 40.9 Å². The van der Waals surface area contributed by atoms with E-state index in [1.54, 1.807) is 7.11 Å². The van der Waals surface area contributed by atoms with E-state index in [9.17, 15) is 4.79 Å². The van der Waals surface area contributed by atoms with Crippen LogP contribution in [0.2, 0.25) is 0 Å². The largest absolute Gasteiger partial charge is 0.496 e. The van der Waals surface area contributed by atoms with Crippen LogP contribution in [0.15, 0.2) is 18.2 Å². The van der Waals surface area contributed by atoms with Gasteiger partial charge in [0.15, 0.2) is 0 Å². The van der Waals surface area contributed by atoms with Crippen molar-refractivity contribution in [3.8, 4) is 5.75 Å². The van der Waals surface area contributed by atoms with E-state index in [1.165, 1.54) is 24.1 Å². The lowest BCUT2D eigenvalue weighted by atomic mass is 9.88. The van der Waals surface area contributed by atoms with Crippen LogP contribution in [0.5, 0.6) is 5.75 Å². The van der Waals surface area contributed by atoms with E-state index in [4.69, 9.17) is 9.84 Å². The number of aromatic nitrogens is 2. The number of methoxy groups -OCH3 is 1. The molecule has 0 bridgehead atoms. The Labute approximate surface area is 167 Å². The van der Waals surface area contributed by atoms with Crippen molar-refractivity contribution in [1.29, 1.82) is 0 Å². The number of carbonyl (C=O) groups is 1. The molecule has 0 spiro atoms. The minimum atomic E-state index is 0.0929. The highest BCUT2D eigenvalue weighted by Crippen LogP contribution is 2.33. The van der Waals surface area contributed by atoms with Crippen molar-refractivity contribution in [3.63, 3.8) is 0 Å². The highest BCUT2D eigenvalue weighted by atomic mass is 16.5. The maximum Gasteiger partial charge on any atom is 0.262 e. The minimum Gasteiger partial charge on any atom is -0.496 e. The molecule has 1 aliphatic heterocycles. The van der Waals surface area contributed by atoms with Gasteiger partial charge in [-0.3, -0.25) is 19.5 Å². The second kappa shape index (κ2) is 7.49. The van der Waals surface area contributed by atoms with Crippen molar-refractivity contribution in [1.82, 2.24) is 14.8 Å². The number of anilines is 1. The number of hydrazine groups is 1. The van der Waals surface area contributed by atoms with Gasteiger partial charge >= 0.3 is 0 Å². The fraction of sp³-hybridized carbons (Fsp3) is 0.545. The maximum absolute atomic E-state index is 13.2. The second-order valence-corrected chi connectivity index (χ2v) is 8.00. The van der Waals surface area contributed by atoms with Gasteiger partial charge in [-0.1, -0.05) is 13.0 Å². The summed E-state index contributed by atoms with van der Waals surface area (Å²) in [6.07, 6.45) is 4.45. The van der Waals surface area contributed by atoms with Gasteiger partial charge in [-0.25, -0.2) is 0 Å². The molecule has 1 amide bonds. The Bertz CT molecular complexity index is 889. The zero-order valence-electron chi connectivity index (χ0n) is 17.4. The van der Waals surface area contributed by atoms with Crippen molar-refractivity contribution in [2.45, 2.75) is 58.9 Å². The van der Waals surface area contributed by atoms with E-state index in [-0.39, 0.29) is 5.91 Å². The van der Waals surface area contributed by atoms with Gasteiger partial charge in [0.25, 0.3) is 5.91 Å². The third-order valence-electron chi connectivity index (χ3n) is 6.25. The summed E-state index contributed by atoms with van der Waals surface area (Å²) in [6, 6.07) is 6.00. The van der Waals surface area contributed by atoms with Crippen LogP contribution >= 0.6 is 0 Å². The summed E-state index contributed by atoms with van der Waals surface area (Å²) in [5, 5.41) is 8.80. The Morgan fingerprint density at radius 3 is 2.82 bits per heavy atom. The number of nitrogens with zero attached hydrogens (tertiary/aromatic N) is 4. The van der Waals surface area contributed by atoms with E-state index in [0.29, 0.717) is 12.5 Å². The SMILES string of the molecule is COc1cccc(N2CCCN2C(=O)Cn2nc3c(c2C)CCC[C@@H]3C)c1C. The minimum absolute atomic E-state index is 0.0929. The summed E-state index contributed by atoms with van der Waals surface area (Å²) in [4.78, 5) is 13.2. The van der Waals surface area contributed by atoms with Crippen LogP contribution < -0.4 is 9.75 Å². The molecule has 2 aromatic rings. The van der Waals surface area contributed by atoms with Crippen molar-refractivity contribution in [3.05, 3.63) is 40.7 Å². The summed E-state index contributed by atoms with van der Waals surface area (Å²) in [5.74, 6) is 1.43. The molecule has 1 aromatic heterocycles. The van der Waals surface area contributed by atoms with E-state index in [0.717, 1.165) is 48.6 Å². The molecule has 0 N–H and O–H groups in total. The molecule has 0 saturated carbocycles. The molecule has 1 aromatic carbocycles. The fourth-order valence-electron chi connectivity index (χ4n) is 4.62. The van der Waals surface area contributed by atoms with Crippen LogP contribution in [0, 0.1) is 13.8 Å². The molecule has 4 rings (SSSR count). The number of rotatable bonds is 4. The van der Waals surface area contributed by atoms with E-state index in [2.05, 4.69) is 24.9 Å². The van der Waals surface area contributed by atoms with Crippen LogP contribution in [0.1, 0.15) is 54.6 Å². The van der Waals surface area contributed by atoms with Crippen molar-refractivity contribution >= 4 is 11.6 Å². The van der Waals surface area contributed by atoms with Gasteiger partial charge in [0, 0.05) is 30.3 Å². The summed E-state index contributed by atoms with van der Waals surface area (Å²) >= 11 is 0. The Morgan fingerprint density at radius 1 is 1.25 bits per heavy atom. The first kappa shape index (κ1) is 18.8. The van der Waals surface area contributed by atoms with Crippen LogP contribution in [0.25, 0.3) is 0 Å². The van der Waals surface area contributed by atoms with Crippen LogP contribution in [0.3, 0.4) is 0 Å². The summed E-state index contributed by atoms with van der Waals surface area (Å²) in [7, 11) is 1.68. The predicted octanol–water partition coefficient (Wildman–Crippen LogP) is 3.60. The van der Waals surface area contributed by atoms with Crippen molar-refractivity contribution in [2.24, 2.45) is 0 Å². The lowest BCUT2D eigenvalue weighted by molar-refractivity contribution is -0.131. The van der Waals surface area contributed by atoms with Crippen molar-refractivity contribution in [2.75, 3.05) is 25.2 Å². The summed E-state index contributed by atoms with van der Waals surface area (Å²) < 4.78 is 7.39. The second-order valence-electron chi connectivity index (χ2n) is 8.00. The maximum atomic E-state index is 13.2. The fourth-order valence-corrected chi connectivity index (χ4v) is 4.62. The smallest absolute Gasteiger partial charge is 0.262 e. The van der Waals surface area contributed by atoms with Gasteiger partial charge in [-0.2, -0.15) is 5.10 Å². The Morgan fingerprint density at radius 2 is 2.07 bits per heavy atom. The first-order valence-electron chi connectivity index (χ1n) is 10.3. The normalized spacial score (nSPS) is 19.1. The molecule has 150 valence electrons.